The van der Waals surface area contributed by atoms with E-state index in [9.17, 15) is 0 Å². The van der Waals surface area contributed by atoms with Crippen molar-refractivity contribution in [3.05, 3.63) is 229 Å². The third-order valence-corrected chi connectivity index (χ3v) is 14.7. The van der Waals surface area contributed by atoms with Crippen LogP contribution in [0.25, 0.3) is 112 Å². The predicted octanol–water partition coefficient (Wildman–Crippen LogP) is 16.2. The Morgan fingerprint density at radius 3 is 1.25 bits per heavy atom. The van der Waals surface area contributed by atoms with E-state index in [4.69, 9.17) is 19.9 Å². The quantitative estimate of drug-likeness (QED) is 0.156. The summed E-state index contributed by atoms with van der Waals surface area (Å²) >= 11 is 0. The molecule has 68 heavy (non-hydrogen) atoms. The minimum atomic E-state index is -0.138. The van der Waals surface area contributed by atoms with Crippen molar-refractivity contribution in [1.82, 2.24) is 19.9 Å². The molecule has 0 fully saturated rings. The van der Waals surface area contributed by atoms with Gasteiger partial charge in [0.05, 0.1) is 11.2 Å². The molecule has 2 aliphatic carbocycles. The number of nitrogens with zero attached hydrogens (tertiary/aromatic N) is 4. The van der Waals surface area contributed by atoms with Crippen LogP contribution in [0.1, 0.15) is 49.9 Å². The molecule has 0 atom stereocenters. The largest absolute Gasteiger partial charge is 0.247 e. The molecule has 0 aliphatic heterocycles. The van der Waals surface area contributed by atoms with Gasteiger partial charge in [0.2, 0.25) is 0 Å². The van der Waals surface area contributed by atoms with Crippen molar-refractivity contribution >= 4 is 21.7 Å². The molecular weight excluding hydrogens is 825 g/mol. The number of benzene rings is 9. The van der Waals surface area contributed by atoms with E-state index in [2.05, 4.69) is 173 Å². The van der Waals surface area contributed by atoms with Gasteiger partial charge in [-0.1, -0.05) is 210 Å². The summed E-state index contributed by atoms with van der Waals surface area (Å²) in [5.74, 6) is 1.91. The smallest absolute Gasteiger partial charge is 0.164 e. The fraction of sp³-hybridized carbons (Fsp3) is 0.0938. The molecule has 11 aromatic rings. The fourth-order valence-corrected chi connectivity index (χ4v) is 11.2. The van der Waals surface area contributed by atoms with E-state index < -0.39 is 0 Å². The van der Waals surface area contributed by atoms with Crippen LogP contribution >= 0.6 is 0 Å². The third kappa shape index (κ3) is 6.21. The molecule has 0 saturated heterocycles. The second-order valence-electron chi connectivity index (χ2n) is 19.4. The van der Waals surface area contributed by atoms with Crippen molar-refractivity contribution < 1.29 is 0 Å². The first-order valence-electron chi connectivity index (χ1n) is 23.5. The molecule has 13 rings (SSSR count). The Hall–Kier alpha value is -8.34. The zero-order valence-corrected chi connectivity index (χ0v) is 38.4. The van der Waals surface area contributed by atoms with Crippen LogP contribution in [-0.4, -0.2) is 19.9 Å². The number of rotatable bonds is 6. The van der Waals surface area contributed by atoms with Crippen LogP contribution in [0.4, 0.5) is 0 Å². The zero-order valence-electron chi connectivity index (χ0n) is 38.4. The summed E-state index contributed by atoms with van der Waals surface area (Å²) in [6.45, 7) is 9.39. The van der Waals surface area contributed by atoms with Gasteiger partial charge in [-0.3, -0.25) is 0 Å². The Kier molecular flexibility index (Phi) is 8.88. The second-order valence-corrected chi connectivity index (χ2v) is 19.4. The molecule has 0 bridgehead atoms. The molecule has 2 aliphatic rings. The Balaban J connectivity index is 1.01. The Labute approximate surface area is 396 Å². The molecule has 9 aromatic carbocycles. The standard InChI is InChI=1S/C64H46N4/c1-63(2)54-25-15-13-22-46(54)48-33-31-43(35-56(48)63)51-37-53-52(39-27-29-42(30-28-39)62-67-60(40-17-7-5-8-18-40)66-61(68-62)41-19-9-6-10-20-41)38-58(65-59(53)50-24-12-11-21-45(50)51)44-32-34-49-47-23-14-16-26-55(47)64(3,4)57(49)36-44/h5-38H,1-4H3. The maximum atomic E-state index is 5.64. The van der Waals surface area contributed by atoms with E-state index in [0.29, 0.717) is 17.5 Å². The average Bonchev–Trinajstić information content (AvgIpc) is 3.77. The lowest BCUT2D eigenvalue weighted by Crippen LogP contribution is -2.15. The van der Waals surface area contributed by atoms with Crippen molar-refractivity contribution in [3.63, 3.8) is 0 Å². The van der Waals surface area contributed by atoms with E-state index in [-0.39, 0.29) is 10.8 Å². The van der Waals surface area contributed by atoms with Gasteiger partial charge in [0, 0.05) is 43.9 Å². The summed E-state index contributed by atoms with van der Waals surface area (Å²) in [5, 5.41) is 3.41. The molecule has 0 saturated carbocycles. The van der Waals surface area contributed by atoms with Crippen molar-refractivity contribution in [2.45, 2.75) is 38.5 Å². The molecule has 322 valence electrons. The third-order valence-electron chi connectivity index (χ3n) is 14.7. The van der Waals surface area contributed by atoms with Gasteiger partial charge in [-0.2, -0.15) is 0 Å². The highest BCUT2D eigenvalue weighted by Gasteiger charge is 2.37. The molecule has 4 nitrogen and oxygen atoms in total. The monoisotopic (exact) mass is 870 g/mol. The van der Waals surface area contributed by atoms with Gasteiger partial charge in [-0.25, -0.2) is 19.9 Å². The van der Waals surface area contributed by atoms with Crippen molar-refractivity contribution in [3.8, 4) is 89.9 Å². The average molecular weight is 871 g/mol. The topological polar surface area (TPSA) is 51.6 Å². The molecule has 0 amide bonds. The van der Waals surface area contributed by atoms with Gasteiger partial charge in [0.1, 0.15) is 0 Å². The van der Waals surface area contributed by atoms with Gasteiger partial charge >= 0.3 is 0 Å². The highest BCUT2D eigenvalue weighted by atomic mass is 15.0. The first-order valence-corrected chi connectivity index (χ1v) is 23.5. The number of hydrogen-bond donors (Lipinski definition) is 0. The predicted molar refractivity (Wildman–Crippen MR) is 280 cm³/mol. The lowest BCUT2D eigenvalue weighted by Gasteiger charge is -2.22. The highest BCUT2D eigenvalue weighted by molar-refractivity contribution is 6.16. The normalized spacial score (nSPS) is 13.8. The Bertz CT molecular complexity index is 3770. The van der Waals surface area contributed by atoms with E-state index >= 15 is 0 Å². The van der Waals surface area contributed by atoms with Crippen LogP contribution < -0.4 is 0 Å². The summed E-state index contributed by atoms with van der Waals surface area (Å²) in [7, 11) is 0. The minimum Gasteiger partial charge on any atom is -0.247 e. The van der Waals surface area contributed by atoms with Crippen LogP contribution in [0.5, 0.6) is 0 Å². The van der Waals surface area contributed by atoms with Crippen molar-refractivity contribution in [2.24, 2.45) is 0 Å². The van der Waals surface area contributed by atoms with Crippen molar-refractivity contribution in [2.75, 3.05) is 0 Å². The first kappa shape index (κ1) is 40.0. The van der Waals surface area contributed by atoms with Crippen LogP contribution in [0.3, 0.4) is 0 Å². The fourth-order valence-electron chi connectivity index (χ4n) is 11.2. The van der Waals surface area contributed by atoms with Crippen molar-refractivity contribution in [1.29, 1.82) is 0 Å². The van der Waals surface area contributed by atoms with Gasteiger partial charge < -0.3 is 0 Å². The Morgan fingerprint density at radius 2 is 0.676 bits per heavy atom. The molecule has 0 spiro atoms. The first-order chi connectivity index (χ1) is 33.2. The molecule has 0 N–H and O–H groups in total. The van der Waals surface area contributed by atoms with Gasteiger partial charge in [-0.05, 0) is 96.4 Å². The minimum absolute atomic E-state index is 0.119. The van der Waals surface area contributed by atoms with E-state index in [1.807, 2.05) is 60.7 Å². The highest BCUT2D eigenvalue weighted by Crippen LogP contribution is 2.52. The molecule has 2 heterocycles. The second kappa shape index (κ2) is 15.1. The summed E-state index contributed by atoms with van der Waals surface area (Å²) in [4.78, 5) is 20.7. The lowest BCUT2D eigenvalue weighted by atomic mass is 9.81. The summed E-state index contributed by atoms with van der Waals surface area (Å²) in [6, 6.07) is 74.2. The molecule has 4 heteroatoms. The summed E-state index contributed by atoms with van der Waals surface area (Å²) < 4.78 is 0. The molecular formula is C64H46N4. The van der Waals surface area contributed by atoms with E-state index in [1.54, 1.807) is 0 Å². The molecule has 0 radical (unpaired) electrons. The molecule has 2 aromatic heterocycles. The van der Waals surface area contributed by atoms with Crippen LogP contribution in [0.2, 0.25) is 0 Å². The van der Waals surface area contributed by atoms with Gasteiger partial charge in [0.15, 0.2) is 17.5 Å². The number of aromatic nitrogens is 4. The summed E-state index contributed by atoms with van der Waals surface area (Å²) in [6.07, 6.45) is 0. The maximum Gasteiger partial charge on any atom is 0.164 e. The van der Waals surface area contributed by atoms with E-state index in [1.165, 1.54) is 61.0 Å². The van der Waals surface area contributed by atoms with Crippen LogP contribution in [0, 0.1) is 0 Å². The van der Waals surface area contributed by atoms with Crippen LogP contribution in [0.15, 0.2) is 206 Å². The van der Waals surface area contributed by atoms with E-state index in [0.717, 1.165) is 55.4 Å². The molecule has 0 unspecified atom stereocenters. The van der Waals surface area contributed by atoms with Gasteiger partial charge in [-0.15, -0.1) is 0 Å². The number of pyridine rings is 1. The zero-order chi connectivity index (χ0) is 45.7. The Morgan fingerprint density at radius 1 is 0.265 bits per heavy atom. The SMILES string of the molecule is CC1(C)c2ccccc2-c2ccc(-c3cc(-c4ccc(-c5nc(-c6ccccc6)nc(-c6ccccc6)n5)cc4)c4cc(-c5ccc6c(c5)C(C)(C)c5ccccc5-6)c5ccccc5c4n3)cc21. The van der Waals surface area contributed by atoms with Gasteiger partial charge in [0.25, 0.3) is 0 Å². The van der Waals surface area contributed by atoms with Crippen LogP contribution in [-0.2, 0) is 10.8 Å². The lowest BCUT2D eigenvalue weighted by molar-refractivity contribution is 0.660. The summed E-state index contributed by atoms with van der Waals surface area (Å²) in [5.41, 5.74) is 20.8. The maximum absolute atomic E-state index is 5.64. The number of hydrogen-bond acceptors (Lipinski definition) is 4. The number of fused-ring (bicyclic) bond motifs is 9.